The normalized spacial score (nSPS) is 10.6. The van der Waals surface area contributed by atoms with Crippen LogP contribution in [0.3, 0.4) is 0 Å². The molecule has 0 fully saturated rings. The van der Waals surface area contributed by atoms with Crippen molar-refractivity contribution < 1.29 is 50.7 Å². The molecule has 18 heavy (non-hydrogen) atoms. The molecule has 2 rings (SSSR count). The van der Waals surface area contributed by atoms with Gasteiger partial charge in [-0.05, 0) is 0 Å². The molecule has 0 aliphatic heterocycles. The average Bonchev–Trinajstić information content (AvgIpc) is 2.88. The van der Waals surface area contributed by atoms with Crippen LogP contribution in [0.25, 0.3) is 0 Å². The first kappa shape index (κ1) is 23.4. The molecule has 0 aromatic heterocycles. The van der Waals surface area contributed by atoms with Crippen LogP contribution >= 0.6 is 0 Å². The Morgan fingerprint density at radius 2 is 2.06 bits per heavy atom. The quantitative estimate of drug-likeness (QED) is 0.384. The summed E-state index contributed by atoms with van der Waals surface area (Å²) >= 11 is 0. The van der Waals surface area contributed by atoms with E-state index >= 15 is 0 Å². The Kier molecular flexibility index (Phi) is 19.9. The molecule has 1 aromatic carbocycles. The van der Waals surface area contributed by atoms with Crippen molar-refractivity contribution in [1.29, 1.82) is 0 Å². The maximum absolute atomic E-state index is 2.99. The summed E-state index contributed by atoms with van der Waals surface area (Å²) in [4.78, 5) is 0. The van der Waals surface area contributed by atoms with Crippen LogP contribution in [0, 0.1) is 13.0 Å². The molecule has 0 radical (unpaired) electrons. The van der Waals surface area contributed by atoms with Crippen molar-refractivity contribution in [2.24, 2.45) is 0 Å². The molecule has 0 amide bonds. The first-order valence-corrected chi connectivity index (χ1v) is 5.77. The maximum atomic E-state index is 2.99. The van der Waals surface area contributed by atoms with E-state index < -0.39 is 0 Å². The SMILES string of the molecule is CCCCc1cc[c-](C)c1.[C-]1=CC=CC1.[Cl-].[Cl-].[Hf+4]. The molecule has 0 saturated carbocycles. The second-order valence-corrected chi connectivity index (χ2v) is 3.90. The standard InChI is InChI=1S/C10H15.C5H5.2ClH.Hf/c1-3-4-5-10-7-6-9(2)8-10;1-2-4-5-3-1;;;/h6-8H,3-5H2,1-2H3;1-3H,4H2;2*1H;/q2*-1;;;+4/p-2. The van der Waals surface area contributed by atoms with E-state index in [2.05, 4.69) is 44.2 Å². The van der Waals surface area contributed by atoms with Gasteiger partial charge in [0, 0.05) is 0 Å². The predicted molar refractivity (Wildman–Crippen MR) is 67.0 cm³/mol. The van der Waals surface area contributed by atoms with Crippen LogP contribution in [0.1, 0.15) is 37.3 Å². The molecule has 0 spiro atoms. The number of hydrogen-bond acceptors (Lipinski definition) is 0. The minimum absolute atomic E-state index is 0. The van der Waals surface area contributed by atoms with Crippen molar-refractivity contribution in [3.8, 4) is 0 Å². The molecule has 0 atom stereocenters. The molecule has 0 unspecified atom stereocenters. The first-order valence-electron chi connectivity index (χ1n) is 5.77. The topological polar surface area (TPSA) is 0 Å². The number of allylic oxidation sites excluding steroid dienone is 4. The fraction of sp³-hybridized carbons (Fsp3) is 0.400. The van der Waals surface area contributed by atoms with Gasteiger partial charge in [0.15, 0.2) is 0 Å². The molecule has 0 N–H and O–H groups in total. The van der Waals surface area contributed by atoms with Crippen molar-refractivity contribution >= 4 is 0 Å². The Bertz CT molecular complexity index is 317. The second-order valence-electron chi connectivity index (χ2n) is 3.90. The average molecular weight is 450 g/mol. The van der Waals surface area contributed by atoms with Gasteiger partial charge in [-0.2, -0.15) is 29.3 Å². The van der Waals surface area contributed by atoms with E-state index in [1.165, 1.54) is 30.4 Å². The van der Waals surface area contributed by atoms with Crippen LogP contribution in [0.4, 0.5) is 0 Å². The largest absolute Gasteiger partial charge is 4.00 e. The summed E-state index contributed by atoms with van der Waals surface area (Å²) in [5.74, 6) is 0. The molecular weight excluding hydrogens is 430 g/mol. The summed E-state index contributed by atoms with van der Waals surface area (Å²) < 4.78 is 0. The molecule has 3 heteroatoms. The van der Waals surface area contributed by atoms with E-state index in [1.54, 1.807) is 0 Å². The van der Waals surface area contributed by atoms with Gasteiger partial charge >= 0.3 is 25.8 Å². The zero-order valence-electron chi connectivity index (χ0n) is 11.0. The van der Waals surface area contributed by atoms with Gasteiger partial charge in [-0.25, -0.2) is 18.2 Å². The molecule has 0 heterocycles. The van der Waals surface area contributed by atoms with E-state index in [9.17, 15) is 0 Å². The summed E-state index contributed by atoms with van der Waals surface area (Å²) in [5, 5.41) is 0. The summed E-state index contributed by atoms with van der Waals surface area (Å²) in [6.07, 6.45) is 13.9. The molecule has 0 saturated heterocycles. The van der Waals surface area contributed by atoms with Gasteiger partial charge in [0.25, 0.3) is 0 Å². The van der Waals surface area contributed by atoms with Crippen LogP contribution in [0.2, 0.25) is 0 Å². The molecule has 1 aliphatic rings. The van der Waals surface area contributed by atoms with Crippen molar-refractivity contribution in [2.75, 3.05) is 0 Å². The third-order valence-corrected chi connectivity index (χ3v) is 2.38. The van der Waals surface area contributed by atoms with Gasteiger partial charge in [0.1, 0.15) is 0 Å². The van der Waals surface area contributed by atoms with E-state index in [0.29, 0.717) is 0 Å². The molecule has 98 valence electrons. The van der Waals surface area contributed by atoms with Crippen LogP contribution in [0.15, 0.2) is 36.4 Å². The number of hydrogen-bond donors (Lipinski definition) is 0. The minimum Gasteiger partial charge on any atom is -1.00 e. The zero-order valence-corrected chi connectivity index (χ0v) is 16.2. The van der Waals surface area contributed by atoms with Crippen LogP contribution in [0.5, 0.6) is 0 Å². The number of aryl methyl sites for hydroxylation is 2. The van der Waals surface area contributed by atoms with Crippen molar-refractivity contribution in [1.82, 2.24) is 0 Å². The molecule has 1 aromatic rings. The Balaban J connectivity index is -0.000000245. The fourth-order valence-corrected chi connectivity index (χ4v) is 1.50. The van der Waals surface area contributed by atoms with Gasteiger partial charge in [-0.15, -0.1) is 6.42 Å². The van der Waals surface area contributed by atoms with Gasteiger partial charge in [0.2, 0.25) is 0 Å². The Hall–Kier alpha value is 0.280. The monoisotopic (exact) mass is 450 g/mol. The zero-order chi connectivity index (χ0) is 10.9. The maximum Gasteiger partial charge on any atom is 4.00 e. The summed E-state index contributed by atoms with van der Waals surface area (Å²) in [5.41, 5.74) is 2.89. The fourth-order valence-electron chi connectivity index (χ4n) is 1.50. The number of rotatable bonds is 3. The van der Waals surface area contributed by atoms with Crippen LogP contribution in [-0.4, -0.2) is 0 Å². The molecule has 0 nitrogen and oxygen atoms in total. The predicted octanol–water partition coefficient (Wildman–Crippen LogP) is -1.63. The van der Waals surface area contributed by atoms with Crippen molar-refractivity contribution in [3.05, 3.63) is 53.6 Å². The van der Waals surface area contributed by atoms with Crippen molar-refractivity contribution in [3.63, 3.8) is 0 Å². The summed E-state index contributed by atoms with van der Waals surface area (Å²) in [6.45, 7) is 4.38. The minimum atomic E-state index is 0. The van der Waals surface area contributed by atoms with Gasteiger partial charge in [-0.1, -0.05) is 33.1 Å². The first-order chi connectivity index (χ1) is 7.33. The Labute approximate surface area is 143 Å². The second kappa shape index (κ2) is 15.3. The van der Waals surface area contributed by atoms with Gasteiger partial charge < -0.3 is 24.8 Å². The Morgan fingerprint density at radius 1 is 1.33 bits per heavy atom. The van der Waals surface area contributed by atoms with E-state index in [-0.39, 0.29) is 50.7 Å². The summed E-state index contributed by atoms with van der Waals surface area (Å²) in [6, 6.07) is 6.69. The van der Waals surface area contributed by atoms with Crippen LogP contribution < -0.4 is 24.8 Å². The third kappa shape index (κ3) is 11.4. The van der Waals surface area contributed by atoms with E-state index in [4.69, 9.17) is 0 Å². The van der Waals surface area contributed by atoms with Gasteiger partial charge in [-0.3, -0.25) is 6.08 Å². The summed E-state index contributed by atoms with van der Waals surface area (Å²) in [7, 11) is 0. The number of unbranched alkanes of at least 4 members (excludes halogenated alkanes) is 1. The van der Waals surface area contributed by atoms with Crippen LogP contribution in [-0.2, 0) is 32.3 Å². The molecule has 1 aliphatic carbocycles. The van der Waals surface area contributed by atoms with Crippen molar-refractivity contribution in [2.45, 2.75) is 39.5 Å². The molecular formula is C15H20Cl2Hf. The van der Waals surface area contributed by atoms with E-state index in [1.807, 2.05) is 12.2 Å². The number of halogens is 2. The van der Waals surface area contributed by atoms with E-state index in [0.717, 1.165) is 6.42 Å². The smallest absolute Gasteiger partial charge is 1.00 e. The molecule has 0 bridgehead atoms. The van der Waals surface area contributed by atoms with Gasteiger partial charge in [0.05, 0.1) is 0 Å². The Morgan fingerprint density at radius 3 is 2.39 bits per heavy atom. The third-order valence-electron chi connectivity index (χ3n) is 2.38.